The number of methoxy groups -OCH3 is 1. The molecule has 0 unspecified atom stereocenters. The monoisotopic (exact) mass is 397 g/mol. The Hall–Kier alpha value is -2.80. The van der Waals surface area contributed by atoms with Crippen LogP contribution < -0.4 is 0 Å². The van der Waals surface area contributed by atoms with Crippen LogP contribution in [0, 0.1) is 17.7 Å². The van der Waals surface area contributed by atoms with Crippen molar-refractivity contribution in [1.82, 2.24) is 14.8 Å². The molecular formula is C22H24FN3O3. The van der Waals surface area contributed by atoms with E-state index in [-0.39, 0.29) is 35.4 Å². The van der Waals surface area contributed by atoms with E-state index < -0.39 is 5.82 Å². The fourth-order valence-electron chi connectivity index (χ4n) is 4.57. The van der Waals surface area contributed by atoms with Crippen LogP contribution in [0.15, 0.2) is 48.7 Å². The zero-order valence-corrected chi connectivity index (χ0v) is 16.3. The highest BCUT2D eigenvalue weighted by molar-refractivity contribution is 5.92. The summed E-state index contributed by atoms with van der Waals surface area (Å²) in [6.45, 7) is 1.95. The quantitative estimate of drug-likeness (QED) is 0.778. The van der Waals surface area contributed by atoms with E-state index in [1.165, 1.54) is 18.3 Å². The van der Waals surface area contributed by atoms with Crippen LogP contribution >= 0.6 is 0 Å². The van der Waals surface area contributed by atoms with E-state index in [0.717, 1.165) is 5.56 Å². The van der Waals surface area contributed by atoms with Crippen molar-refractivity contribution in [2.75, 3.05) is 33.4 Å². The molecule has 2 aromatic rings. The van der Waals surface area contributed by atoms with Crippen molar-refractivity contribution in [3.05, 3.63) is 65.7 Å². The third-order valence-electron chi connectivity index (χ3n) is 5.89. The highest BCUT2D eigenvalue weighted by Gasteiger charge is 2.50. The molecule has 0 radical (unpaired) electrons. The Morgan fingerprint density at radius 1 is 1.14 bits per heavy atom. The Morgan fingerprint density at radius 3 is 2.66 bits per heavy atom. The fourth-order valence-corrected chi connectivity index (χ4v) is 4.57. The third kappa shape index (κ3) is 3.74. The van der Waals surface area contributed by atoms with Gasteiger partial charge in [0.2, 0.25) is 5.91 Å². The van der Waals surface area contributed by atoms with Crippen molar-refractivity contribution in [3.63, 3.8) is 0 Å². The number of carbonyl (C=O) groups is 2. The second-order valence-corrected chi connectivity index (χ2v) is 7.61. The van der Waals surface area contributed by atoms with E-state index in [4.69, 9.17) is 4.74 Å². The molecule has 2 saturated heterocycles. The molecule has 152 valence electrons. The van der Waals surface area contributed by atoms with Gasteiger partial charge in [-0.3, -0.25) is 9.59 Å². The van der Waals surface area contributed by atoms with Crippen LogP contribution in [0.25, 0.3) is 0 Å². The second-order valence-electron chi connectivity index (χ2n) is 7.61. The summed E-state index contributed by atoms with van der Waals surface area (Å²) in [5.74, 6) is -0.669. The summed E-state index contributed by atoms with van der Waals surface area (Å²) in [6.07, 6.45) is 1.76. The van der Waals surface area contributed by atoms with Gasteiger partial charge >= 0.3 is 0 Å². The van der Waals surface area contributed by atoms with Crippen LogP contribution in [0.5, 0.6) is 0 Å². The number of hydrogen-bond donors (Lipinski definition) is 0. The molecule has 4 rings (SSSR count). The number of ether oxygens (including phenoxy) is 1. The Labute approximate surface area is 169 Å². The molecule has 2 amide bonds. The van der Waals surface area contributed by atoms with Gasteiger partial charge in [-0.2, -0.15) is 0 Å². The summed E-state index contributed by atoms with van der Waals surface area (Å²) in [5.41, 5.74) is 0.917. The predicted octanol–water partition coefficient (Wildman–Crippen LogP) is 2.53. The maximum absolute atomic E-state index is 14.0. The maximum Gasteiger partial charge on any atom is 0.275 e. The molecule has 3 atom stereocenters. The zero-order valence-electron chi connectivity index (χ0n) is 16.3. The maximum atomic E-state index is 14.0. The molecule has 29 heavy (non-hydrogen) atoms. The summed E-state index contributed by atoms with van der Waals surface area (Å²) < 4.78 is 19.1. The highest BCUT2D eigenvalue weighted by Crippen LogP contribution is 2.45. The van der Waals surface area contributed by atoms with E-state index in [2.05, 4.69) is 4.98 Å². The first-order valence-corrected chi connectivity index (χ1v) is 9.83. The van der Waals surface area contributed by atoms with Crippen LogP contribution in [0.2, 0.25) is 0 Å². The van der Waals surface area contributed by atoms with Crippen LogP contribution in [0.1, 0.15) is 28.5 Å². The van der Waals surface area contributed by atoms with E-state index >= 15 is 0 Å². The molecule has 0 aliphatic carbocycles. The minimum absolute atomic E-state index is 0.0590. The van der Waals surface area contributed by atoms with Crippen molar-refractivity contribution >= 4 is 11.8 Å². The summed E-state index contributed by atoms with van der Waals surface area (Å²) in [4.78, 5) is 33.2. The summed E-state index contributed by atoms with van der Waals surface area (Å²) in [7, 11) is 1.58. The van der Waals surface area contributed by atoms with E-state index in [0.29, 0.717) is 32.7 Å². The highest BCUT2D eigenvalue weighted by atomic mass is 19.1. The Balaban J connectivity index is 1.57. The number of rotatable bonds is 5. The van der Waals surface area contributed by atoms with Gasteiger partial charge in [-0.25, -0.2) is 9.37 Å². The van der Waals surface area contributed by atoms with Gasteiger partial charge in [-0.05, 0) is 17.7 Å². The first-order valence-electron chi connectivity index (χ1n) is 9.83. The number of amides is 2. The first kappa shape index (κ1) is 19.5. The number of benzene rings is 1. The number of nitrogens with zero attached hydrogens (tertiary/aromatic N) is 3. The number of likely N-dealkylation sites (tertiary alicyclic amines) is 2. The van der Waals surface area contributed by atoms with Crippen LogP contribution in [0.3, 0.4) is 0 Å². The lowest BCUT2D eigenvalue weighted by Gasteiger charge is -2.30. The molecule has 1 aromatic carbocycles. The van der Waals surface area contributed by atoms with E-state index in [1.807, 2.05) is 35.2 Å². The van der Waals surface area contributed by atoms with Gasteiger partial charge in [0.05, 0.1) is 19.1 Å². The molecule has 2 aliphatic heterocycles. The van der Waals surface area contributed by atoms with Gasteiger partial charge in [0.1, 0.15) is 0 Å². The largest absolute Gasteiger partial charge is 0.384 e. The molecule has 1 aromatic heterocycles. The standard InChI is InChI=1S/C22H24FN3O3/c1-29-11-9-19(27)26-13-16-12-25(22(28)20-18(23)8-5-10-24-20)14-17(16)21(26)15-6-3-2-4-7-15/h2-8,10,16-17,21H,9,11-14H2,1H3/t16-,17-,21+/m0/s1. The van der Waals surface area contributed by atoms with Crippen LogP contribution in [-0.2, 0) is 9.53 Å². The van der Waals surface area contributed by atoms with Gasteiger partial charge in [0.15, 0.2) is 11.5 Å². The van der Waals surface area contributed by atoms with Crippen molar-refractivity contribution in [3.8, 4) is 0 Å². The van der Waals surface area contributed by atoms with Crippen molar-refractivity contribution in [2.24, 2.45) is 11.8 Å². The topological polar surface area (TPSA) is 62.7 Å². The van der Waals surface area contributed by atoms with Gasteiger partial charge in [0.25, 0.3) is 5.91 Å². The predicted molar refractivity (Wildman–Crippen MR) is 104 cm³/mol. The average molecular weight is 397 g/mol. The molecule has 0 spiro atoms. The minimum Gasteiger partial charge on any atom is -0.384 e. The molecule has 0 N–H and O–H groups in total. The summed E-state index contributed by atoms with van der Waals surface area (Å²) >= 11 is 0. The number of fused-ring (bicyclic) bond motifs is 1. The Kier molecular flexibility index (Phi) is 5.58. The van der Waals surface area contributed by atoms with Crippen LogP contribution in [-0.4, -0.2) is 59.9 Å². The molecule has 2 aliphatic rings. The molecule has 0 bridgehead atoms. The lowest BCUT2D eigenvalue weighted by molar-refractivity contribution is -0.133. The lowest BCUT2D eigenvalue weighted by atomic mass is 9.89. The van der Waals surface area contributed by atoms with Crippen molar-refractivity contribution in [1.29, 1.82) is 0 Å². The van der Waals surface area contributed by atoms with Crippen LogP contribution in [0.4, 0.5) is 4.39 Å². The Morgan fingerprint density at radius 2 is 1.93 bits per heavy atom. The molecular weight excluding hydrogens is 373 g/mol. The SMILES string of the molecule is COCCC(=O)N1C[C@@H]2CN(C(=O)c3ncccc3F)C[C@@H]2[C@H]1c1ccccc1. The van der Waals surface area contributed by atoms with Gasteiger partial charge in [-0.15, -0.1) is 0 Å². The van der Waals surface area contributed by atoms with Gasteiger partial charge < -0.3 is 14.5 Å². The Bertz CT molecular complexity index is 892. The smallest absolute Gasteiger partial charge is 0.275 e. The normalized spacial score (nSPS) is 23.3. The van der Waals surface area contributed by atoms with Gasteiger partial charge in [0, 0.05) is 44.8 Å². The number of aromatic nitrogens is 1. The lowest BCUT2D eigenvalue weighted by Crippen LogP contribution is -2.38. The molecule has 7 heteroatoms. The average Bonchev–Trinajstić information content (AvgIpc) is 3.30. The molecule has 2 fully saturated rings. The fraction of sp³-hybridized carbons (Fsp3) is 0.409. The minimum atomic E-state index is -0.606. The van der Waals surface area contributed by atoms with E-state index in [9.17, 15) is 14.0 Å². The summed E-state index contributed by atoms with van der Waals surface area (Å²) in [5, 5.41) is 0. The third-order valence-corrected chi connectivity index (χ3v) is 5.89. The van der Waals surface area contributed by atoms with Crippen molar-refractivity contribution in [2.45, 2.75) is 12.5 Å². The molecule has 0 saturated carbocycles. The molecule has 6 nitrogen and oxygen atoms in total. The van der Waals surface area contributed by atoms with Gasteiger partial charge in [-0.1, -0.05) is 30.3 Å². The first-order chi connectivity index (χ1) is 14.1. The van der Waals surface area contributed by atoms with Crippen molar-refractivity contribution < 1.29 is 18.7 Å². The number of pyridine rings is 1. The second kappa shape index (κ2) is 8.29. The van der Waals surface area contributed by atoms with E-state index in [1.54, 1.807) is 12.0 Å². The zero-order chi connectivity index (χ0) is 20.4. The number of halogens is 1. The summed E-state index contributed by atoms with van der Waals surface area (Å²) in [6, 6.07) is 12.5. The molecule has 3 heterocycles. The number of hydrogen-bond acceptors (Lipinski definition) is 4. The number of carbonyl (C=O) groups excluding carboxylic acids is 2.